The lowest BCUT2D eigenvalue weighted by molar-refractivity contribution is -0.145. The van der Waals surface area contributed by atoms with Gasteiger partial charge in [-0.3, -0.25) is 9.69 Å². The third kappa shape index (κ3) is 5.94. The van der Waals surface area contributed by atoms with Crippen LogP contribution in [0, 0.1) is 5.92 Å². The first-order chi connectivity index (χ1) is 18.8. The molecule has 2 N–H and O–H groups in total. The van der Waals surface area contributed by atoms with E-state index in [1.54, 1.807) is 13.3 Å². The molecule has 0 saturated carbocycles. The average molecular weight is 531 g/mol. The highest BCUT2D eigenvalue weighted by Gasteiger charge is 2.28. The van der Waals surface area contributed by atoms with Gasteiger partial charge in [-0.15, -0.1) is 0 Å². The van der Waals surface area contributed by atoms with Crippen molar-refractivity contribution in [3.63, 3.8) is 0 Å². The maximum atomic E-state index is 11.4. The van der Waals surface area contributed by atoms with Gasteiger partial charge >= 0.3 is 5.97 Å². The van der Waals surface area contributed by atoms with Crippen molar-refractivity contribution in [1.29, 1.82) is 0 Å². The van der Waals surface area contributed by atoms with E-state index in [0.29, 0.717) is 17.5 Å². The lowest BCUT2D eigenvalue weighted by atomic mass is 9.90. The number of ether oxygens (including phenoxy) is 2. The fourth-order valence-electron chi connectivity index (χ4n) is 5.76. The number of nitrogens with zero attached hydrogens (tertiary/aromatic N) is 2. The molecule has 206 valence electrons. The van der Waals surface area contributed by atoms with E-state index in [0.717, 1.165) is 48.4 Å². The molecule has 1 aromatic heterocycles. The van der Waals surface area contributed by atoms with Crippen molar-refractivity contribution >= 4 is 5.97 Å². The first-order valence-corrected chi connectivity index (χ1v) is 13.9. The zero-order chi connectivity index (χ0) is 27.5. The number of likely N-dealkylation sites (tertiary alicyclic amines) is 1. The number of piperidine rings is 1. The number of aromatic nitrogens is 1. The Hall–Kier alpha value is -3.42. The van der Waals surface area contributed by atoms with Crippen molar-refractivity contribution in [1.82, 2.24) is 9.88 Å². The van der Waals surface area contributed by atoms with Crippen LogP contribution in [0.5, 0.6) is 11.6 Å². The van der Waals surface area contributed by atoms with Gasteiger partial charge in [0.15, 0.2) is 0 Å². The van der Waals surface area contributed by atoms with Crippen molar-refractivity contribution in [3.8, 4) is 22.8 Å². The van der Waals surface area contributed by atoms with E-state index >= 15 is 0 Å². The maximum Gasteiger partial charge on any atom is 0.309 e. The minimum absolute atomic E-state index is 0.127. The molecule has 0 spiro atoms. The number of aryl methyl sites for hydroxylation is 1. The fraction of sp³-hybridized carbons (Fsp3) is 0.438. The quantitative estimate of drug-likeness (QED) is 0.372. The van der Waals surface area contributed by atoms with Gasteiger partial charge in [-0.1, -0.05) is 30.7 Å². The van der Waals surface area contributed by atoms with Crippen LogP contribution < -0.4 is 9.47 Å². The summed E-state index contributed by atoms with van der Waals surface area (Å²) in [4.78, 5) is 18.3. The largest absolute Gasteiger partial charge is 0.485 e. The van der Waals surface area contributed by atoms with Crippen LogP contribution in [0.4, 0.5) is 0 Å². The predicted molar refractivity (Wildman–Crippen MR) is 150 cm³/mol. The second-order valence-corrected chi connectivity index (χ2v) is 10.9. The number of benzene rings is 2. The highest BCUT2D eigenvalue weighted by atomic mass is 16.5. The molecule has 7 nitrogen and oxygen atoms in total. The molecule has 2 aromatic carbocycles. The van der Waals surface area contributed by atoms with Gasteiger partial charge in [-0.2, -0.15) is 0 Å². The second kappa shape index (κ2) is 11.8. The SMILES string of the molecule is COc1cc(-c2ccc(C3CCc4ccc([C@H](O)[C@H](C)C(=O)O)cc4O3)c(CN3CCCC[C@@H]3C)c2)ccn1. The Morgan fingerprint density at radius 2 is 1.95 bits per heavy atom. The van der Waals surface area contributed by atoms with E-state index in [1.807, 2.05) is 30.3 Å². The number of carboxylic acids is 1. The van der Waals surface area contributed by atoms with Gasteiger partial charge in [0.1, 0.15) is 11.9 Å². The molecule has 0 bridgehead atoms. The van der Waals surface area contributed by atoms with Crippen molar-refractivity contribution in [2.24, 2.45) is 5.92 Å². The predicted octanol–water partition coefficient (Wildman–Crippen LogP) is 5.95. The minimum Gasteiger partial charge on any atom is -0.485 e. The van der Waals surface area contributed by atoms with Crippen molar-refractivity contribution in [3.05, 3.63) is 77.0 Å². The Kier molecular flexibility index (Phi) is 8.19. The zero-order valence-corrected chi connectivity index (χ0v) is 23.0. The molecule has 3 aromatic rings. The van der Waals surface area contributed by atoms with E-state index in [2.05, 4.69) is 35.0 Å². The van der Waals surface area contributed by atoms with Crippen molar-refractivity contribution in [2.45, 2.75) is 70.7 Å². The Bertz CT molecular complexity index is 1330. The number of aliphatic hydroxyl groups is 1. The third-order valence-corrected chi connectivity index (χ3v) is 8.32. The molecule has 4 atom stereocenters. The van der Waals surface area contributed by atoms with Crippen LogP contribution in [0.15, 0.2) is 54.7 Å². The highest BCUT2D eigenvalue weighted by Crippen LogP contribution is 2.40. The van der Waals surface area contributed by atoms with E-state index in [1.165, 1.54) is 37.3 Å². The molecule has 0 amide bonds. The van der Waals surface area contributed by atoms with Crippen LogP contribution in [0.25, 0.3) is 11.1 Å². The van der Waals surface area contributed by atoms with Gasteiger partial charge in [0.2, 0.25) is 5.88 Å². The summed E-state index contributed by atoms with van der Waals surface area (Å²) in [7, 11) is 1.63. The second-order valence-electron chi connectivity index (χ2n) is 10.9. The Balaban J connectivity index is 1.47. The average Bonchev–Trinajstić information content (AvgIpc) is 2.97. The number of hydrogen-bond acceptors (Lipinski definition) is 6. The number of fused-ring (bicyclic) bond motifs is 1. The number of hydrogen-bond donors (Lipinski definition) is 2. The lowest BCUT2D eigenvalue weighted by Crippen LogP contribution is -2.37. The molecular formula is C32H38N2O5. The molecule has 7 heteroatoms. The summed E-state index contributed by atoms with van der Waals surface area (Å²) >= 11 is 0. The fourth-order valence-corrected chi connectivity index (χ4v) is 5.76. The van der Waals surface area contributed by atoms with Gasteiger partial charge in [0.25, 0.3) is 0 Å². The Morgan fingerprint density at radius 1 is 1.13 bits per heavy atom. The third-order valence-electron chi connectivity index (χ3n) is 8.32. The normalized spacial score (nSPS) is 20.9. The molecule has 39 heavy (non-hydrogen) atoms. The summed E-state index contributed by atoms with van der Waals surface area (Å²) in [5.74, 6) is -0.617. The van der Waals surface area contributed by atoms with Gasteiger partial charge in [-0.25, -0.2) is 4.98 Å². The van der Waals surface area contributed by atoms with Crippen molar-refractivity contribution < 1.29 is 24.5 Å². The maximum absolute atomic E-state index is 11.4. The minimum atomic E-state index is -1.09. The van der Waals surface area contributed by atoms with Gasteiger partial charge < -0.3 is 19.7 Å². The van der Waals surface area contributed by atoms with Crippen LogP contribution in [0.3, 0.4) is 0 Å². The molecule has 2 aliphatic rings. The van der Waals surface area contributed by atoms with Crippen LogP contribution >= 0.6 is 0 Å². The number of carboxylic acid groups (broad SMARTS) is 1. The molecular weight excluding hydrogens is 492 g/mol. The molecule has 3 heterocycles. The first kappa shape index (κ1) is 27.2. The number of pyridine rings is 1. The molecule has 0 radical (unpaired) electrons. The van der Waals surface area contributed by atoms with Crippen molar-refractivity contribution in [2.75, 3.05) is 13.7 Å². The number of methoxy groups -OCH3 is 1. The number of aliphatic hydroxyl groups excluding tert-OH is 1. The molecule has 1 unspecified atom stereocenters. The van der Waals surface area contributed by atoms with Crippen LogP contribution in [0.2, 0.25) is 0 Å². The molecule has 2 aliphatic heterocycles. The number of rotatable bonds is 8. The smallest absolute Gasteiger partial charge is 0.309 e. The summed E-state index contributed by atoms with van der Waals surface area (Å²) < 4.78 is 11.9. The summed E-state index contributed by atoms with van der Waals surface area (Å²) in [6.45, 7) is 5.78. The van der Waals surface area contributed by atoms with E-state index in [-0.39, 0.29) is 6.10 Å². The van der Waals surface area contributed by atoms with Crippen LogP contribution in [-0.2, 0) is 17.8 Å². The number of carbonyl (C=O) groups is 1. The number of aliphatic carboxylic acids is 1. The van der Waals surface area contributed by atoms with E-state index in [4.69, 9.17) is 9.47 Å². The standard InChI is InChI=1S/C32H38N2O5/c1-20-6-4-5-15-34(20)19-26-16-23(24-13-14-33-30(18-24)38-3)9-11-27(26)28-12-10-22-7-8-25(17-29(22)39-28)31(35)21(2)32(36)37/h7-9,11,13-14,16-18,20-21,28,31,35H,4-6,10,12,15,19H2,1-3H3,(H,36,37)/t20-,21-,28?,31+/m0/s1. The summed E-state index contributed by atoms with van der Waals surface area (Å²) in [6.07, 6.45) is 5.96. The Morgan fingerprint density at radius 3 is 2.72 bits per heavy atom. The van der Waals surface area contributed by atoms with E-state index in [9.17, 15) is 15.0 Å². The Labute approximate surface area is 230 Å². The first-order valence-electron chi connectivity index (χ1n) is 13.9. The molecule has 1 saturated heterocycles. The molecule has 0 aliphatic carbocycles. The zero-order valence-electron chi connectivity index (χ0n) is 23.0. The van der Waals surface area contributed by atoms with E-state index < -0.39 is 18.0 Å². The van der Waals surface area contributed by atoms with Gasteiger partial charge in [0, 0.05) is 24.8 Å². The van der Waals surface area contributed by atoms with Gasteiger partial charge in [0.05, 0.1) is 19.1 Å². The summed E-state index contributed by atoms with van der Waals surface area (Å²) in [5.41, 5.74) is 6.24. The van der Waals surface area contributed by atoms with Crippen LogP contribution in [-0.4, -0.2) is 45.8 Å². The molecule has 5 rings (SSSR count). The molecule has 1 fully saturated rings. The van der Waals surface area contributed by atoms with Crippen LogP contribution in [0.1, 0.15) is 74.0 Å². The highest BCUT2D eigenvalue weighted by molar-refractivity contribution is 5.70. The van der Waals surface area contributed by atoms with Gasteiger partial charge in [-0.05, 0) is 97.7 Å². The summed E-state index contributed by atoms with van der Waals surface area (Å²) in [5, 5.41) is 20.0. The lowest BCUT2D eigenvalue weighted by Gasteiger charge is -2.35. The topological polar surface area (TPSA) is 92.1 Å². The monoisotopic (exact) mass is 530 g/mol. The summed E-state index contributed by atoms with van der Waals surface area (Å²) in [6, 6.07) is 16.7.